The number of ether oxygens (including phenoxy) is 1. The summed E-state index contributed by atoms with van der Waals surface area (Å²) in [5.74, 6) is 0. The molecule has 0 bridgehead atoms. The van der Waals surface area contributed by atoms with Crippen molar-refractivity contribution in [2.24, 2.45) is 5.73 Å². The van der Waals surface area contributed by atoms with Crippen LogP contribution in [-0.4, -0.2) is 37.7 Å². The van der Waals surface area contributed by atoms with Crippen LogP contribution in [0.4, 0.5) is 0 Å². The van der Waals surface area contributed by atoms with Crippen molar-refractivity contribution in [2.75, 3.05) is 26.8 Å². The molecule has 0 radical (unpaired) electrons. The number of hydrogen-bond acceptors (Lipinski definition) is 4. The van der Waals surface area contributed by atoms with Gasteiger partial charge in [-0.25, -0.2) is 0 Å². The van der Waals surface area contributed by atoms with Gasteiger partial charge in [-0.05, 0) is 35.5 Å². The van der Waals surface area contributed by atoms with Crippen molar-refractivity contribution >= 4 is 38.9 Å². The average Bonchev–Trinajstić information content (AvgIpc) is 2.91. The molecule has 1 aromatic rings. The lowest BCUT2D eigenvalue weighted by atomic mass is 10.1. The monoisotopic (exact) mass is 338 g/mol. The molecule has 3 nitrogen and oxygen atoms in total. The summed E-state index contributed by atoms with van der Waals surface area (Å²) in [5, 5.41) is 0. The van der Waals surface area contributed by atoms with Crippen LogP contribution in [0.2, 0.25) is 4.34 Å². The van der Waals surface area contributed by atoms with Crippen LogP contribution in [0.5, 0.6) is 0 Å². The first-order chi connectivity index (χ1) is 8.13. The fourth-order valence-corrected chi connectivity index (χ4v) is 4.01. The Bertz CT molecular complexity index is 362. The van der Waals surface area contributed by atoms with E-state index in [1.165, 1.54) is 4.88 Å². The van der Waals surface area contributed by atoms with Crippen LogP contribution >= 0.6 is 38.9 Å². The first-order valence-corrected chi connectivity index (χ1v) is 7.56. The smallest absolute Gasteiger partial charge is 0.107 e. The minimum absolute atomic E-state index is 0.218. The third-order valence-corrected chi connectivity index (χ3v) is 5.77. The van der Waals surface area contributed by atoms with Gasteiger partial charge >= 0.3 is 0 Å². The second-order valence-electron chi connectivity index (χ2n) is 4.20. The van der Waals surface area contributed by atoms with E-state index in [-0.39, 0.29) is 6.04 Å². The summed E-state index contributed by atoms with van der Waals surface area (Å²) in [6.07, 6.45) is 1.08. The maximum atomic E-state index is 6.08. The zero-order valence-electron chi connectivity index (χ0n) is 9.66. The van der Waals surface area contributed by atoms with Gasteiger partial charge in [-0.3, -0.25) is 4.90 Å². The van der Waals surface area contributed by atoms with E-state index in [2.05, 4.69) is 33.9 Å². The van der Waals surface area contributed by atoms with Crippen molar-refractivity contribution in [1.29, 1.82) is 0 Å². The Kier molecular flexibility index (Phi) is 4.86. The topological polar surface area (TPSA) is 38.5 Å². The van der Waals surface area contributed by atoms with Crippen molar-refractivity contribution in [3.05, 3.63) is 19.8 Å². The van der Waals surface area contributed by atoms with Crippen LogP contribution in [0, 0.1) is 0 Å². The molecule has 1 fully saturated rings. The third-order valence-electron chi connectivity index (χ3n) is 3.19. The molecule has 96 valence electrons. The molecule has 1 aliphatic heterocycles. The van der Waals surface area contributed by atoms with Gasteiger partial charge in [0.25, 0.3) is 0 Å². The first kappa shape index (κ1) is 13.8. The minimum Gasteiger partial charge on any atom is -0.380 e. The van der Waals surface area contributed by atoms with E-state index in [0.29, 0.717) is 12.6 Å². The first-order valence-electron chi connectivity index (χ1n) is 5.58. The van der Waals surface area contributed by atoms with Crippen molar-refractivity contribution in [1.82, 2.24) is 4.90 Å². The summed E-state index contributed by atoms with van der Waals surface area (Å²) in [7, 11) is 2.11. The summed E-state index contributed by atoms with van der Waals surface area (Å²) in [6, 6.07) is 2.75. The second kappa shape index (κ2) is 5.99. The summed E-state index contributed by atoms with van der Waals surface area (Å²) in [6.45, 7) is 2.24. The minimum atomic E-state index is 0.218. The van der Waals surface area contributed by atoms with Crippen LogP contribution in [0.25, 0.3) is 0 Å². The van der Waals surface area contributed by atoms with E-state index in [0.717, 1.165) is 28.4 Å². The molecule has 17 heavy (non-hydrogen) atoms. The van der Waals surface area contributed by atoms with Crippen molar-refractivity contribution in [2.45, 2.75) is 18.5 Å². The molecule has 0 aliphatic carbocycles. The quantitative estimate of drug-likeness (QED) is 0.916. The van der Waals surface area contributed by atoms with Crippen LogP contribution in [0.1, 0.15) is 17.3 Å². The zero-order valence-corrected chi connectivity index (χ0v) is 12.8. The number of likely N-dealkylation sites (N-methyl/N-ethyl adjacent to an activating group) is 1. The van der Waals surface area contributed by atoms with E-state index < -0.39 is 0 Å². The van der Waals surface area contributed by atoms with Gasteiger partial charge in [0.2, 0.25) is 0 Å². The molecular formula is C11H16BrClN2OS. The van der Waals surface area contributed by atoms with Crippen LogP contribution in [0.3, 0.4) is 0 Å². The van der Waals surface area contributed by atoms with Gasteiger partial charge in [0, 0.05) is 28.5 Å². The highest BCUT2D eigenvalue weighted by Crippen LogP contribution is 2.37. The molecule has 2 rings (SSSR count). The number of rotatable bonds is 4. The molecule has 2 heterocycles. The molecule has 6 heteroatoms. The Morgan fingerprint density at radius 3 is 3.00 bits per heavy atom. The average molecular weight is 340 g/mol. The lowest BCUT2D eigenvalue weighted by Crippen LogP contribution is -2.38. The second-order valence-corrected chi connectivity index (χ2v) is 6.74. The fourth-order valence-electron chi connectivity index (χ4n) is 2.11. The summed E-state index contributed by atoms with van der Waals surface area (Å²) in [5.41, 5.74) is 5.90. The van der Waals surface area contributed by atoms with Gasteiger partial charge < -0.3 is 10.5 Å². The summed E-state index contributed by atoms with van der Waals surface area (Å²) in [4.78, 5) is 3.51. The van der Waals surface area contributed by atoms with Gasteiger partial charge in [-0.1, -0.05) is 11.6 Å². The number of hydrogen-bond donors (Lipinski definition) is 1. The van der Waals surface area contributed by atoms with Gasteiger partial charge in [0.1, 0.15) is 4.34 Å². The van der Waals surface area contributed by atoms with E-state index in [9.17, 15) is 0 Å². The Hall–Kier alpha value is 0.350. The normalized spacial score (nSPS) is 22.3. The lowest BCUT2D eigenvalue weighted by Gasteiger charge is -2.30. The molecule has 1 aromatic heterocycles. The molecule has 1 aliphatic rings. The number of thiophene rings is 1. The zero-order chi connectivity index (χ0) is 12.4. The fraction of sp³-hybridized carbons (Fsp3) is 0.636. The highest BCUT2D eigenvalue weighted by molar-refractivity contribution is 9.10. The number of nitrogens with zero attached hydrogens (tertiary/aromatic N) is 1. The standard InChI is InChI=1S/C11H16BrClN2OS/c1-15(7-2-3-16-6-7)9(5-14)10-4-8(12)11(13)17-10/h4,7,9H,2-3,5-6,14H2,1H3. The van der Waals surface area contributed by atoms with Crippen LogP contribution in [0.15, 0.2) is 10.5 Å². The number of nitrogens with two attached hydrogens (primary N) is 1. The van der Waals surface area contributed by atoms with Crippen molar-refractivity contribution < 1.29 is 4.74 Å². The SMILES string of the molecule is CN(C1CCOC1)C(CN)c1cc(Br)c(Cl)s1. The molecule has 0 spiro atoms. The highest BCUT2D eigenvalue weighted by Gasteiger charge is 2.27. The van der Waals surface area contributed by atoms with E-state index in [4.69, 9.17) is 22.1 Å². The van der Waals surface area contributed by atoms with E-state index >= 15 is 0 Å². The third kappa shape index (κ3) is 3.03. The molecule has 1 saturated heterocycles. The van der Waals surface area contributed by atoms with Gasteiger partial charge in [-0.2, -0.15) is 0 Å². The Labute approximate surface area is 119 Å². The Morgan fingerprint density at radius 1 is 1.76 bits per heavy atom. The predicted molar refractivity (Wildman–Crippen MR) is 75.8 cm³/mol. The van der Waals surface area contributed by atoms with Gasteiger partial charge in [0.05, 0.1) is 12.6 Å². The molecule has 0 amide bonds. The Balaban J connectivity index is 2.14. The maximum absolute atomic E-state index is 6.08. The molecule has 0 saturated carbocycles. The summed E-state index contributed by atoms with van der Waals surface area (Å²) >= 11 is 11.1. The molecular weight excluding hydrogens is 324 g/mol. The van der Waals surface area contributed by atoms with Crippen LogP contribution < -0.4 is 5.73 Å². The molecule has 0 aromatic carbocycles. The van der Waals surface area contributed by atoms with Crippen molar-refractivity contribution in [3.63, 3.8) is 0 Å². The highest BCUT2D eigenvalue weighted by atomic mass is 79.9. The summed E-state index contributed by atoms with van der Waals surface area (Å²) < 4.78 is 7.16. The molecule has 2 unspecified atom stereocenters. The van der Waals surface area contributed by atoms with Gasteiger partial charge in [-0.15, -0.1) is 11.3 Å². The van der Waals surface area contributed by atoms with Gasteiger partial charge in [0.15, 0.2) is 0 Å². The Morgan fingerprint density at radius 2 is 2.53 bits per heavy atom. The van der Waals surface area contributed by atoms with Crippen molar-refractivity contribution in [3.8, 4) is 0 Å². The predicted octanol–water partition coefficient (Wildman–Crippen LogP) is 2.88. The molecule has 2 atom stereocenters. The van der Waals surface area contributed by atoms with Crippen LogP contribution in [-0.2, 0) is 4.74 Å². The largest absolute Gasteiger partial charge is 0.380 e. The lowest BCUT2D eigenvalue weighted by molar-refractivity contribution is 0.135. The number of halogens is 2. The van der Waals surface area contributed by atoms with E-state index in [1.807, 2.05) is 0 Å². The maximum Gasteiger partial charge on any atom is 0.107 e. The van der Waals surface area contributed by atoms with E-state index in [1.54, 1.807) is 11.3 Å². The molecule has 2 N–H and O–H groups in total.